The summed E-state index contributed by atoms with van der Waals surface area (Å²) in [6, 6.07) is 13.4. The van der Waals surface area contributed by atoms with Crippen molar-refractivity contribution >= 4 is 25.2 Å². The van der Waals surface area contributed by atoms with Crippen LogP contribution in [0.2, 0.25) is 0 Å². The van der Waals surface area contributed by atoms with E-state index < -0.39 is 13.8 Å². The van der Waals surface area contributed by atoms with Gasteiger partial charge < -0.3 is 19.3 Å². The van der Waals surface area contributed by atoms with Crippen molar-refractivity contribution in [3.8, 4) is 5.75 Å². The van der Waals surface area contributed by atoms with Crippen molar-refractivity contribution in [3.05, 3.63) is 54.1 Å². The van der Waals surface area contributed by atoms with Crippen molar-refractivity contribution in [2.45, 2.75) is 6.61 Å². The highest BCUT2D eigenvalue weighted by Gasteiger charge is 2.15. The molecule has 0 aliphatic rings. The van der Waals surface area contributed by atoms with E-state index >= 15 is 0 Å². The molecule has 2 rings (SSSR count). The molecule has 128 valence electrons. The molecule has 0 aliphatic heterocycles. The molecular formula is C15H17N2O6P. The highest BCUT2D eigenvalue weighted by Crippen LogP contribution is 2.38. The lowest BCUT2D eigenvalue weighted by Gasteiger charge is -2.13. The van der Waals surface area contributed by atoms with Gasteiger partial charge >= 0.3 is 13.8 Å². The summed E-state index contributed by atoms with van der Waals surface area (Å²) in [5, 5.41) is 4.54. The van der Waals surface area contributed by atoms with Crippen LogP contribution in [0.1, 0.15) is 5.56 Å². The van der Waals surface area contributed by atoms with Gasteiger partial charge in [-0.1, -0.05) is 30.3 Å². The van der Waals surface area contributed by atoms with E-state index in [0.717, 1.165) is 5.56 Å². The van der Waals surface area contributed by atoms with Gasteiger partial charge in [0.05, 0.1) is 12.8 Å². The SMILES string of the molecule is COc1cc(NP(=O)(O)O)ccc1NC(=O)OCc1ccccc1. The lowest BCUT2D eigenvalue weighted by Crippen LogP contribution is -2.14. The molecule has 0 bridgehead atoms. The van der Waals surface area contributed by atoms with E-state index in [0.29, 0.717) is 5.69 Å². The van der Waals surface area contributed by atoms with Gasteiger partial charge in [-0.15, -0.1) is 0 Å². The number of nitrogens with one attached hydrogen (secondary N) is 2. The van der Waals surface area contributed by atoms with E-state index in [9.17, 15) is 9.36 Å². The van der Waals surface area contributed by atoms with Gasteiger partial charge in [0.1, 0.15) is 12.4 Å². The molecule has 0 saturated carbocycles. The second kappa shape index (κ2) is 7.83. The number of amides is 1. The van der Waals surface area contributed by atoms with Crippen molar-refractivity contribution in [2.75, 3.05) is 17.5 Å². The molecule has 0 spiro atoms. The number of methoxy groups -OCH3 is 1. The van der Waals surface area contributed by atoms with Crippen LogP contribution in [0, 0.1) is 0 Å². The summed E-state index contributed by atoms with van der Waals surface area (Å²) in [6.45, 7) is 0.118. The molecular weight excluding hydrogens is 335 g/mol. The van der Waals surface area contributed by atoms with Crippen LogP contribution < -0.4 is 15.1 Å². The maximum atomic E-state index is 11.8. The molecule has 0 unspecified atom stereocenters. The summed E-state index contributed by atoms with van der Waals surface area (Å²) in [6.07, 6.45) is -0.673. The van der Waals surface area contributed by atoms with Crippen LogP contribution in [0.15, 0.2) is 48.5 Å². The fraction of sp³-hybridized carbons (Fsp3) is 0.133. The number of carbonyl (C=O) groups is 1. The second-order valence-electron chi connectivity index (χ2n) is 4.76. The Morgan fingerprint density at radius 2 is 1.88 bits per heavy atom. The Hall–Kier alpha value is -2.54. The van der Waals surface area contributed by atoms with Gasteiger partial charge in [0.2, 0.25) is 0 Å². The van der Waals surface area contributed by atoms with Crippen molar-refractivity contribution in [3.63, 3.8) is 0 Å². The van der Waals surface area contributed by atoms with E-state index in [1.165, 1.54) is 25.3 Å². The predicted molar refractivity (Wildman–Crippen MR) is 88.9 cm³/mol. The molecule has 0 radical (unpaired) electrons. The van der Waals surface area contributed by atoms with Crippen LogP contribution in [0.5, 0.6) is 5.75 Å². The summed E-state index contributed by atoms with van der Waals surface area (Å²) in [4.78, 5) is 29.6. The Bertz CT molecular complexity index is 747. The fourth-order valence-electron chi connectivity index (χ4n) is 1.90. The van der Waals surface area contributed by atoms with E-state index in [1.807, 2.05) is 35.4 Å². The van der Waals surface area contributed by atoms with Crippen LogP contribution in [0.25, 0.3) is 0 Å². The Morgan fingerprint density at radius 1 is 1.17 bits per heavy atom. The van der Waals surface area contributed by atoms with Gasteiger partial charge in [0.15, 0.2) is 0 Å². The first-order chi connectivity index (χ1) is 11.4. The van der Waals surface area contributed by atoms with E-state index in [4.69, 9.17) is 19.3 Å². The number of hydrogen-bond donors (Lipinski definition) is 4. The lowest BCUT2D eigenvalue weighted by atomic mass is 10.2. The largest absolute Gasteiger partial charge is 0.494 e. The van der Waals surface area contributed by atoms with Crippen molar-refractivity contribution in [1.29, 1.82) is 0 Å². The topological polar surface area (TPSA) is 117 Å². The highest BCUT2D eigenvalue weighted by atomic mass is 31.2. The van der Waals surface area contributed by atoms with E-state index in [2.05, 4.69) is 5.32 Å². The maximum absolute atomic E-state index is 11.8. The summed E-state index contributed by atoms with van der Waals surface area (Å²) in [7, 11) is -3.05. The fourth-order valence-corrected chi connectivity index (χ4v) is 2.38. The number of benzene rings is 2. The van der Waals surface area contributed by atoms with Crippen LogP contribution >= 0.6 is 7.75 Å². The zero-order valence-electron chi connectivity index (χ0n) is 12.8. The molecule has 0 atom stereocenters. The molecule has 8 nitrogen and oxygen atoms in total. The number of rotatable bonds is 6. The molecule has 9 heteroatoms. The summed E-state index contributed by atoms with van der Waals surface area (Å²) in [5.41, 5.74) is 1.32. The average Bonchev–Trinajstić information content (AvgIpc) is 2.54. The van der Waals surface area contributed by atoms with Crippen LogP contribution in [0.4, 0.5) is 16.2 Å². The first-order valence-electron chi connectivity index (χ1n) is 6.87. The third-order valence-electron chi connectivity index (χ3n) is 2.93. The first kappa shape index (κ1) is 17.8. The Balaban J connectivity index is 2.00. The molecule has 0 heterocycles. The third kappa shape index (κ3) is 5.58. The number of carbonyl (C=O) groups excluding carboxylic acids is 1. The van der Waals surface area contributed by atoms with Gasteiger partial charge in [-0.05, 0) is 17.7 Å². The summed E-state index contributed by atoms with van der Waals surface area (Å²) in [5.74, 6) is 0.227. The van der Waals surface area contributed by atoms with Gasteiger partial charge in [-0.2, -0.15) is 0 Å². The van der Waals surface area contributed by atoms with Crippen LogP contribution in [0.3, 0.4) is 0 Å². The highest BCUT2D eigenvalue weighted by molar-refractivity contribution is 7.53. The Labute approximate surface area is 138 Å². The van der Waals surface area contributed by atoms with Crippen molar-refractivity contribution in [2.24, 2.45) is 0 Å². The van der Waals surface area contributed by atoms with Gasteiger partial charge in [0, 0.05) is 11.8 Å². The molecule has 0 saturated heterocycles. The first-order valence-corrected chi connectivity index (χ1v) is 8.48. The normalized spacial score (nSPS) is 10.8. The molecule has 24 heavy (non-hydrogen) atoms. The molecule has 2 aromatic carbocycles. The minimum atomic E-state index is -4.42. The molecule has 4 N–H and O–H groups in total. The Morgan fingerprint density at radius 3 is 2.50 bits per heavy atom. The zero-order chi connectivity index (χ0) is 17.6. The quantitative estimate of drug-likeness (QED) is 0.591. The number of ether oxygens (including phenoxy) is 2. The van der Waals surface area contributed by atoms with Crippen LogP contribution in [-0.2, 0) is 15.9 Å². The molecule has 2 aromatic rings. The van der Waals surface area contributed by atoms with Crippen molar-refractivity contribution in [1.82, 2.24) is 0 Å². The minimum Gasteiger partial charge on any atom is -0.494 e. The maximum Gasteiger partial charge on any atom is 0.427 e. The molecule has 0 aliphatic carbocycles. The number of hydrogen-bond acceptors (Lipinski definition) is 4. The zero-order valence-corrected chi connectivity index (χ0v) is 13.7. The van der Waals surface area contributed by atoms with Gasteiger partial charge in [-0.25, -0.2) is 9.36 Å². The van der Waals surface area contributed by atoms with Crippen molar-refractivity contribution < 1.29 is 28.6 Å². The predicted octanol–water partition coefficient (Wildman–Crippen LogP) is 2.95. The average molecular weight is 352 g/mol. The van der Waals surface area contributed by atoms with E-state index in [-0.39, 0.29) is 18.0 Å². The minimum absolute atomic E-state index is 0.118. The third-order valence-corrected chi connectivity index (χ3v) is 3.48. The standard InChI is InChI=1S/C15H17N2O6P/c1-22-14-9-12(17-24(19,20)21)7-8-13(14)16-15(18)23-10-11-5-3-2-4-6-11/h2-9H,10H2,1H3,(H,16,18)(H3,17,19,20,21). The smallest absolute Gasteiger partial charge is 0.427 e. The van der Waals surface area contributed by atoms with Gasteiger partial charge in [0.25, 0.3) is 0 Å². The van der Waals surface area contributed by atoms with E-state index in [1.54, 1.807) is 0 Å². The lowest BCUT2D eigenvalue weighted by molar-refractivity contribution is 0.155. The molecule has 1 amide bonds. The summed E-state index contributed by atoms with van der Waals surface area (Å²) >= 11 is 0. The molecule has 0 aromatic heterocycles. The van der Waals surface area contributed by atoms with Gasteiger partial charge in [-0.3, -0.25) is 10.4 Å². The van der Waals surface area contributed by atoms with Crippen LogP contribution in [-0.4, -0.2) is 23.0 Å². The monoisotopic (exact) mass is 352 g/mol. The molecule has 0 fully saturated rings. The Kier molecular flexibility index (Phi) is 5.81. The second-order valence-corrected chi connectivity index (χ2v) is 6.07. The summed E-state index contributed by atoms with van der Waals surface area (Å²) < 4.78 is 21.1. The number of anilines is 2.